The van der Waals surface area contributed by atoms with Crippen molar-refractivity contribution in [1.82, 2.24) is 10.6 Å². The fraction of sp³-hybridized carbons (Fsp3) is 0.357. The summed E-state index contributed by atoms with van der Waals surface area (Å²) >= 11 is 0. The summed E-state index contributed by atoms with van der Waals surface area (Å²) in [5.74, 6) is -1.02. The van der Waals surface area contributed by atoms with Crippen LogP contribution < -0.4 is 10.6 Å². The van der Waals surface area contributed by atoms with Crippen LogP contribution >= 0.6 is 0 Å². The molecule has 3 amide bonds. The van der Waals surface area contributed by atoms with E-state index in [0.717, 1.165) is 11.1 Å². The van der Waals surface area contributed by atoms with E-state index < -0.39 is 11.9 Å². The second kappa shape index (κ2) is 5.22. The first-order valence-electron chi connectivity index (χ1n) is 6.19. The van der Waals surface area contributed by atoms with Gasteiger partial charge in [-0.25, -0.2) is 0 Å². The van der Waals surface area contributed by atoms with Gasteiger partial charge >= 0.3 is 0 Å². The first-order chi connectivity index (χ1) is 8.97. The van der Waals surface area contributed by atoms with E-state index in [1.54, 1.807) is 12.1 Å². The second-order valence-electron chi connectivity index (χ2n) is 4.78. The molecule has 1 atom stereocenters. The molecule has 19 heavy (non-hydrogen) atoms. The molecule has 1 saturated heterocycles. The third-order valence-corrected chi connectivity index (χ3v) is 3.31. The van der Waals surface area contributed by atoms with Gasteiger partial charge < -0.3 is 5.32 Å². The number of amides is 3. The monoisotopic (exact) mass is 260 g/mol. The highest BCUT2D eigenvalue weighted by Gasteiger charge is 2.27. The van der Waals surface area contributed by atoms with E-state index in [1.807, 2.05) is 19.9 Å². The highest BCUT2D eigenvalue weighted by atomic mass is 16.2. The zero-order chi connectivity index (χ0) is 14.0. The zero-order valence-corrected chi connectivity index (χ0v) is 10.9. The van der Waals surface area contributed by atoms with E-state index >= 15 is 0 Å². The van der Waals surface area contributed by atoms with Crippen molar-refractivity contribution in [3.8, 4) is 0 Å². The highest BCUT2D eigenvalue weighted by molar-refractivity contribution is 6.03. The molecule has 0 spiro atoms. The van der Waals surface area contributed by atoms with Crippen molar-refractivity contribution in [2.45, 2.75) is 32.7 Å². The molecule has 1 aliphatic rings. The molecular weight excluding hydrogens is 244 g/mol. The van der Waals surface area contributed by atoms with Crippen molar-refractivity contribution in [1.29, 1.82) is 0 Å². The van der Waals surface area contributed by atoms with Crippen molar-refractivity contribution < 1.29 is 14.4 Å². The maximum atomic E-state index is 12.0. The van der Waals surface area contributed by atoms with Crippen molar-refractivity contribution in [3.63, 3.8) is 0 Å². The molecule has 2 rings (SSSR count). The number of nitrogens with one attached hydrogen (secondary N) is 2. The van der Waals surface area contributed by atoms with Gasteiger partial charge in [0.2, 0.25) is 11.8 Å². The van der Waals surface area contributed by atoms with Gasteiger partial charge in [-0.3, -0.25) is 19.7 Å². The minimum absolute atomic E-state index is 0.254. The molecule has 0 bridgehead atoms. The summed E-state index contributed by atoms with van der Waals surface area (Å²) in [6.45, 7) is 3.90. The van der Waals surface area contributed by atoms with Gasteiger partial charge in [0.25, 0.3) is 5.91 Å². The van der Waals surface area contributed by atoms with Crippen molar-refractivity contribution in [2.24, 2.45) is 0 Å². The van der Waals surface area contributed by atoms with E-state index in [1.165, 1.54) is 0 Å². The van der Waals surface area contributed by atoms with Gasteiger partial charge in [0.15, 0.2) is 0 Å². The molecule has 1 unspecified atom stereocenters. The number of benzene rings is 1. The third-order valence-electron chi connectivity index (χ3n) is 3.31. The number of hydrogen-bond donors (Lipinski definition) is 2. The lowest BCUT2D eigenvalue weighted by Gasteiger charge is -2.21. The van der Waals surface area contributed by atoms with Gasteiger partial charge in [0, 0.05) is 12.0 Å². The number of imide groups is 1. The van der Waals surface area contributed by atoms with E-state index in [4.69, 9.17) is 0 Å². The molecule has 1 aromatic carbocycles. The topological polar surface area (TPSA) is 75.3 Å². The molecule has 100 valence electrons. The molecule has 5 heteroatoms. The number of piperidine rings is 1. The normalized spacial score (nSPS) is 18.9. The molecule has 2 N–H and O–H groups in total. The fourth-order valence-electron chi connectivity index (χ4n) is 1.96. The van der Waals surface area contributed by atoms with Gasteiger partial charge in [-0.15, -0.1) is 0 Å². The summed E-state index contributed by atoms with van der Waals surface area (Å²) in [5.41, 5.74) is 2.65. The van der Waals surface area contributed by atoms with Crippen LogP contribution in [0.3, 0.4) is 0 Å². The van der Waals surface area contributed by atoms with Gasteiger partial charge in [-0.05, 0) is 43.5 Å². The van der Waals surface area contributed by atoms with E-state index in [2.05, 4.69) is 10.6 Å². The minimum atomic E-state index is -0.633. The molecule has 1 aromatic rings. The number of aryl methyl sites for hydroxylation is 2. The minimum Gasteiger partial charge on any atom is -0.340 e. The predicted octanol–water partition coefficient (Wildman–Crippen LogP) is 0.838. The van der Waals surface area contributed by atoms with Gasteiger partial charge in [0.1, 0.15) is 6.04 Å². The van der Waals surface area contributed by atoms with Gasteiger partial charge in [-0.1, -0.05) is 6.07 Å². The summed E-state index contributed by atoms with van der Waals surface area (Å²) in [6.07, 6.45) is 0.602. The molecule has 5 nitrogen and oxygen atoms in total. The first-order valence-corrected chi connectivity index (χ1v) is 6.19. The largest absolute Gasteiger partial charge is 0.340 e. The number of rotatable bonds is 2. The summed E-state index contributed by atoms with van der Waals surface area (Å²) in [4.78, 5) is 34.6. The average Bonchev–Trinajstić information content (AvgIpc) is 2.36. The number of carbonyl (C=O) groups excluding carboxylic acids is 3. The number of carbonyl (C=O) groups is 3. The van der Waals surface area contributed by atoms with Crippen molar-refractivity contribution in [3.05, 3.63) is 34.9 Å². The van der Waals surface area contributed by atoms with Crippen LogP contribution in [0.4, 0.5) is 0 Å². The molecule has 0 aliphatic carbocycles. The summed E-state index contributed by atoms with van der Waals surface area (Å²) in [5, 5.41) is 4.86. The molecule has 1 aliphatic heterocycles. The average molecular weight is 260 g/mol. The molecule has 0 radical (unpaired) electrons. The summed E-state index contributed by atoms with van der Waals surface area (Å²) < 4.78 is 0. The maximum Gasteiger partial charge on any atom is 0.251 e. The van der Waals surface area contributed by atoms with E-state index in [9.17, 15) is 14.4 Å². The smallest absolute Gasteiger partial charge is 0.251 e. The van der Waals surface area contributed by atoms with Crippen molar-refractivity contribution in [2.75, 3.05) is 0 Å². The highest BCUT2D eigenvalue weighted by Crippen LogP contribution is 2.11. The third kappa shape index (κ3) is 2.99. The Hall–Kier alpha value is -2.17. The Morgan fingerprint density at radius 3 is 2.63 bits per heavy atom. The lowest BCUT2D eigenvalue weighted by atomic mass is 10.0. The Bertz CT molecular complexity index is 552. The molecule has 1 fully saturated rings. The quantitative estimate of drug-likeness (QED) is 0.774. The Labute approximate surface area is 111 Å². The molecule has 0 saturated carbocycles. The van der Waals surface area contributed by atoms with E-state index in [-0.39, 0.29) is 18.2 Å². The van der Waals surface area contributed by atoms with Crippen molar-refractivity contribution >= 4 is 17.7 Å². The van der Waals surface area contributed by atoms with Crippen LogP contribution in [0.15, 0.2) is 18.2 Å². The molecule has 0 aromatic heterocycles. The maximum absolute atomic E-state index is 12.0. The Balaban J connectivity index is 2.06. The Morgan fingerprint density at radius 2 is 2.00 bits per heavy atom. The van der Waals surface area contributed by atoms with Crippen LogP contribution in [0.2, 0.25) is 0 Å². The standard InChI is InChI=1S/C14H16N2O3/c1-8-3-4-10(7-9(8)2)13(18)15-11-5-6-12(17)16-14(11)19/h3-4,7,11H,5-6H2,1-2H3,(H,15,18)(H,16,17,19). The first kappa shape index (κ1) is 13.3. The predicted molar refractivity (Wildman–Crippen MR) is 69.6 cm³/mol. The van der Waals surface area contributed by atoms with Crippen LogP contribution in [0.25, 0.3) is 0 Å². The van der Waals surface area contributed by atoms with Gasteiger partial charge in [-0.2, -0.15) is 0 Å². The Kier molecular flexibility index (Phi) is 3.64. The number of hydrogen-bond acceptors (Lipinski definition) is 3. The lowest BCUT2D eigenvalue weighted by Crippen LogP contribution is -2.52. The van der Waals surface area contributed by atoms with Crippen LogP contribution in [0, 0.1) is 13.8 Å². The van der Waals surface area contributed by atoms with Gasteiger partial charge in [0.05, 0.1) is 0 Å². The van der Waals surface area contributed by atoms with E-state index in [0.29, 0.717) is 12.0 Å². The summed E-state index contributed by atoms with van der Waals surface area (Å²) in [7, 11) is 0. The molecular formula is C14H16N2O3. The zero-order valence-electron chi connectivity index (χ0n) is 10.9. The van der Waals surface area contributed by atoms with Crippen LogP contribution in [-0.2, 0) is 9.59 Å². The fourth-order valence-corrected chi connectivity index (χ4v) is 1.96. The van der Waals surface area contributed by atoms with Crippen LogP contribution in [0.1, 0.15) is 34.3 Å². The molecule has 1 heterocycles. The second-order valence-corrected chi connectivity index (χ2v) is 4.78. The SMILES string of the molecule is Cc1ccc(C(=O)NC2CCC(=O)NC2=O)cc1C. The Morgan fingerprint density at radius 1 is 1.26 bits per heavy atom. The lowest BCUT2D eigenvalue weighted by molar-refractivity contribution is -0.134. The van der Waals surface area contributed by atoms with Crippen LogP contribution in [0.5, 0.6) is 0 Å². The summed E-state index contributed by atoms with van der Waals surface area (Å²) in [6, 6.07) is 4.75. The van der Waals surface area contributed by atoms with Crippen LogP contribution in [-0.4, -0.2) is 23.8 Å².